The number of fused-ring (bicyclic) bond motifs is 9. The summed E-state index contributed by atoms with van der Waals surface area (Å²) < 4.78 is 13.3. The van der Waals surface area contributed by atoms with Crippen LogP contribution in [0.4, 0.5) is 0 Å². The van der Waals surface area contributed by atoms with Crippen LogP contribution in [0.3, 0.4) is 0 Å². The van der Waals surface area contributed by atoms with E-state index in [2.05, 4.69) is 161 Å². The second-order valence-electron chi connectivity index (χ2n) is 14.3. The van der Waals surface area contributed by atoms with Crippen LogP contribution in [0.2, 0.25) is 0 Å². The average Bonchev–Trinajstić information content (AvgIpc) is 4.03. The van der Waals surface area contributed by atoms with Gasteiger partial charge in [-0.2, -0.15) is 0 Å². The molecule has 0 saturated carbocycles. The van der Waals surface area contributed by atoms with Crippen molar-refractivity contribution in [2.75, 3.05) is 0 Å². The molecule has 56 heavy (non-hydrogen) atoms. The lowest BCUT2D eigenvalue weighted by molar-refractivity contribution is 0.669. The third-order valence-electron chi connectivity index (χ3n) is 11.2. The highest BCUT2D eigenvalue weighted by Gasteiger charge is 2.25. The zero-order chi connectivity index (χ0) is 36.7. The van der Waals surface area contributed by atoms with Gasteiger partial charge in [0.15, 0.2) is 0 Å². The third-order valence-corrected chi connectivity index (χ3v) is 11.2. The molecule has 0 spiro atoms. The largest absolute Gasteiger partial charge is 0.456 e. The van der Waals surface area contributed by atoms with Crippen molar-refractivity contribution in [3.8, 4) is 39.6 Å². The number of nitrogens with zero attached hydrogens (tertiary/aromatic N) is 5. The van der Waals surface area contributed by atoms with E-state index < -0.39 is 0 Å². The van der Waals surface area contributed by atoms with Crippen LogP contribution in [-0.2, 0) is 0 Å². The first-order valence-corrected chi connectivity index (χ1v) is 18.9. The molecule has 262 valence electrons. The summed E-state index contributed by atoms with van der Waals surface area (Å²) >= 11 is 0. The first kappa shape index (κ1) is 30.7. The van der Waals surface area contributed by atoms with Gasteiger partial charge in [-0.25, -0.2) is 4.68 Å². The van der Waals surface area contributed by atoms with E-state index in [4.69, 9.17) is 14.7 Å². The van der Waals surface area contributed by atoms with Gasteiger partial charge in [0, 0.05) is 43.4 Å². The van der Waals surface area contributed by atoms with Gasteiger partial charge in [0.25, 0.3) is 0 Å². The summed E-state index contributed by atoms with van der Waals surface area (Å²) in [5, 5.41) is 16.5. The summed E-state index contributed by atoms with van der Waals surface area (Å²) in [6, 6.07) is 66.3. The fraction of sp³-hybridized carbons (Fsp3) is 0. The van der Waals surface area contributed by atoms with Crippen molar-refractivity contribution >= 4 is 65.6 Å². The molecule has 0 fully saturated rings. The normalized spacial score (nSPS) is 11.9. The van der Waals surface area contributed by atoms with E-state index in [0.717, 1.165) is 94.4 Å². The van der Waals surface area contributed by atoms with Gasteiger partial charge in [-0.05, 0) is 54.6 Å². The van der Waals surface area contributed by atoms with Gasteiger partial charge in [-0.3, -0.25) is 0 Å². The van der Waals surface area contributed by atoms with Crippen LogP contribution in [0.5, 0.6) is 0 Å². The smallest absolute Gasteiger partial charge is 0.136 e. The SMILES string of the molecule is c1ccc(-c2nnn(-c3ccccc3)c2-c2cccc3c4ccccc4n(-c4ccccc4-n4c5ccccc5c5cc6oc7ccccc7c6cc54)c23)cc1. The number of hydrogen-bond acceptors (Lipinski definition) is 3. The highest BCUT2D eigenvalue weighted by Crippen LogP contribution is 2.44. The molecule has 4 heterocycles. The summed E-state index contributed by atoms with van der Waals surface area (Å²) in [6.45, 7) is 0. The topological polar surface area (TPSA) is 53.7 Å². The number of benzene rings is 8. The Balaban J connectivity index is 1.21. The standard InChI is InChI=1S/C50H31N5O/c1-3-16-32(17-4-1)48-50(55(52-51-48)33-18-5-2-6-19-33)38-24-15-23-37-34-20-7-11-26-42(34)54(49(37)38)44-28-13-12-27-43(44)53-41-25-10-8-21-35(41)39-31-47-40(30-45(39)53)36-22-9-14-29-46(36)56-47/h1-31H. The summed E-state index contributed by atoms with van der Waals surface area (Å²) in [5.41, 5.74) is 13.1. The van der Waals surface area contributed by atoms with Crippen molar-refractivity contribution in [2.24, 2.45) is 0 Å². The minimum absolute atomic E-state index is 0.825. The van der Waals surface area contributed by atoms with E-state index in [1.54, 1.807) is 0 Å². The van der Waals surface area contributed by atoms with Crippen LogP contribution in [0.15, 0.2) is 192 Å². The second-order valence-corrected chi connectivity index (χ2v) is 14.3. The molecule has 0 radical (unpaired) electrons. The van der Waals surface area contributed by atoms with Crippen LogP contribution in [0, 0.1) is 0 Å². The van der Waals surface area contributed by atoms with Crippen molar-refractivity contribution in [3.05, 3.63) is 188 Å². The lowest BCUT2D eigenvalue weighted by Crippen LogP contribution is -2.05. The van der Waals surface area contributed by atoms with Crippen LogP contribution in [0.25, 0.3) is 105 Å². The zero-order valence-electron chi connectivity index (χ0n) is 30.0. The average molecular weight is 718 g/mol. The predicted octanol–water partition coefficient (Wildman–Crippen LogP) is 12.7. The fourth-order valence-electron chi connectivity index (χ4n) is 8.81. The maximum Gasteiger partial charge on any atom is 0.136 e. The van der Waals surface area contributed by atoms with Crippen molar-refractivity contribution < 1.29 is 4.42 Å². The van der Waals surface area contributed by atoms with E-state index in [1.165, 1.54) is 10.8 Å². The first-order valence-electron chi connectivity index (χ1n) is 18.9. The van der Waals surface area contributed by atoms with Gasteiger partial charge in [-0.1, -0.05) is 139 Å². The summed E-state index contributed by atoms with van der Waals surface area (Å²) in [5.74, 6) is 0. The van der Waals surface area contributed by atoms with Crippen molar-refractivity contribution in [2.45, 2.75) is 0 Å². The molecule has 6 heteroatoms. The molecule has 4 aromatic heterocycles. The second kappa shape index (κ2) is 11.9. The fourth-order valence-corrected chi connectivity index (χ4v) is 8.81. The Morgan fingerprint density at radius 2 is 1.02 bits per heavy atom. The minimum atomic E-state index is 0.825. The Morgan fingerprint density at radius 3 is 1.80 bits per heavy atom. The molecule has 0 atom stereocenters. The molecule has 0 unspecified atom stereocenters. The highest BCUT2D eigenvalue weighted by atomic mass is 16.3. The molecule has 0 aliphatic heterocycles. The number of aromatic nitrogens is 5. The molecule has 0 N–H and O–H groups in total. The Bertz CT molecular complexity index is 3420. The third kappa shape index (κ3) is 4.38. The van der Waals surface area contributed by atoms with Gasteiger partial charge in [0.2, 0.25) is 0 Å². The maximum atomic E-state index is 6.41. The molecule has 0 amide bonds. The van der Waals surface area contributed by atoms with Gasteiger partial charge < -0.3 is 13.6 Å². The molecule has 6 nitrogen and oxygen atoms in total. The van der Waals surface area contributed by atoms with E-state index in [0.29, 0.717) is 0 Å². The van der Waals surface area contributed by atoms with Gasteiger partial charge in [0.1, 0.15) is 22.6 Å². The lowest BCUT2D eigenvalue weighted by atomic mass is 10.0. The van der Waals surface area contributed by atoms with Gasteiger partial charge >= 0.3 is 0 Å². The highest BCUT2D eigenvalue weighted by molar-refractivity contribution is 6.18. The number of furan rings is 1. The molecule has 0 bridgehead atoms. The predicted molar refractivity (Wildman–Crippen MR) is 228 cm³/mol. The lowest BCUT2D eigenvalue weighted by Gasteiger charge is -2.18. The Labute approximate surface area is 320 Å². The molecular formula is C50H31N5O. The maximum absolute atomic E-state index is 6.41. The molecule has 0 saturated heterocycles. The molecule has 12 aromatic rings. The Hall–Kier alpha value is -7.70. The van der Waals surface area contributed by atoms with E-state index in [9.17, 15) is 0 Å². The number of hydrogen-bond donors (Lipinski definition) is 0. The zero-order valence-corrected chi connectivity index (χ0v) is 30.0. The molecule has 8 aromatic carbocycles. The Kier molecular flexibility index (Phi) is 6.53. The van der Waals surface area contributed by atoms with Crippen LogP contribution in [0.1, 0.15) is 0 Å². The van der Waals surface area contributed by atoms with Crippen LogP contribution >= 0.6 is 0 Å². The summed E-state index contributed by atoms with van der Waals surface area (Å²) in [7, 11) is 0. The van der Waals surface area contributed by atoms with E-state index in [-0.39, 0.29) is 0 Å². The van der Waals surface area contributed by atoms with Crippen LogP contribution < -0.4 is 0 Å². The van der Waals surface area contributed by atoms with Crippen molar-refractivity contribution in [1.82, 2.24) is 24.1 Å². The molecule has 12 rings (SSSR count). The quantitative estimate of drug-likeness (QED) is 0.178. The van der Waals surface area contributed by atoms with Crippen molar-refractivity contribution in [1.29, 1.82) is 0 Å². The summed E-state index contributed by atoms with van der Waals surface area (Å²) in [6.07, 6.45) is 0. The molecular weight excluding hydrogens is 687 g/mol. The van der Waals surface area contributed by atoms with E-state index in [1.807, 2.05) is 41.1 Å². The Morgan fingerprint density at radius 1 is 0.411 bits per heavy atom. The van der Waals surface area contributed by atoms with Gasteiger partial charge in [0.05, 0.1) is 39.1 Å². The van der Waals surface area contributed by atoms with Crippen LogP contribution in [-0.4, -0.2) is 24.1 Å². The first-order chi connectivity index (χ1) is 27.8. The molecule has 0 aliphatic carbocycles. The minimum Gasteiger partial charge on any atom is -0.456 e. The number of rotatable bonds is 5. The van der Waals surface area contributed by atoms with Gasteiger partial charge in [-0.15, -0.1) is 5.10 Å². The van der Waals surface area contributed by atoms with Crippen molar-refractivity contribution in [3.63, 3.8) is 0 Å². The number of para-hydroxylation sites is 7. The summed E-state index contributed by atoms with van der Waals surface area (Å²) in [4.78, 5) is 0. The van der Waals surface area contributed by atoms with E-state index >= 15 is 0 Å². The monoisotopic (exact) mass is 717 g/mol. The molecule has 0 aliphatic rings.